The molecule has 0 amide bonds. The monoisotopic (exact) mass is 403 g/mol. The number of rotatable bonds is 5. The lowest BCUT2D eigenvalue weighted by molar-refractivity contribution is -0.0192. The molecular weight excluding hydrogens is 377 g/mol. The van der Waals surface area contributed by atoms with E-state index in [1.807, 2.05) is 44.4 Å². The molecule has 0 saturated heterocycles. The highest BCUT2D eigenvalue weighted by molar-refractivity contribution is 6.30. The Morgan fingerprint density at radius 3 is 2.61 bits per heavy atom. The second-order valence-electron chi connectivity index (χ2n) is 7.68. The molecule has 0 aromatic heterocycles. The maximum absolute atomic E-state index is 14.2. The Morgan fingerprint density at radius 1 is 1.25 bits per heavy atom. The van der Waals surface area contributed by atoms with Crippen LogP contribution in [0.4, 0.5) is 4.39 Å². The summed E-state index contributed by atoms with van der Waals surface area (Å²) in [5.74, 6) is 0.0336. The van der Waals surface area contributed by atoms with Crippen molar-refractivity contribution < 1.29 is 14.2 Å². The molecule has 1 N–H and O–H groups in total. The van der Waals surface area contributed by atoms with Gasteiger partial charge in [0.1, 0.15) is 17.2 Å². The zero-order valence-corrected chi connectivity index (χ0v) is 17.3. The van der Waals surface area contributed by atoms with Crippen LogP contribution >= 0.6 is 11.6 Å². The Balaban J connectivity index is 2.17. The number of hydrogen-bond acceptors (Lipinski definition) is 3. The van der Waals surface area contributed by atoms with Crippen LogP contribution < -0.4 is 4.74 Å². The number of nitrogens with zero attached hydrogens (tertiary/aromatic N) is 1. The normalized spacial score (nSPS) is 24.0. The highest BCUT2D eigenvalue weighted by atomic mass is 35.5. The number of ether oxygens (including phenoxy) is 1. The van der Waals surface area contributed by atoms with Crippen molar-refractivity contribution >= 4 is 17.7 Å². The van der Waals surface area contributed by atoms with Crippen LogP contribution in [0.2, 0.25) is 5.02 Å². The van der Waals surface area contributed by atoms with Gasteiger partial charge in [0.2, 0.25) is 0 Å². The van der Waals surface area contributed by atoms with Gasteiger partial charge >= 0.3 is 0 Å². The molecule has 0 bridgehead atoms. The van der Waals surface area contributed by atoms with Gasteiger partial charge in [-0.05, 0) is 74.8 Å². The maximum Gasteiger partial charge on any atom is 0.125 e. The molecule has 0 aliphatic heterocycles. The molecule has 0 spiro atoms. The molecule has 2 aromatic carbocycles. The molecule has 0 radical (unpaired) electrons. The smallest absolute Gasteiger partial charge is 0.125 e. The quantitative estimate of drug-likeness (QED) is 0.752. The molecule has 3 nitrogen and oxygen atoms in total. The van der Waals surface area contributed by atoms with Crippen molar-refractivity contribution in [3.05, 3.63) is 70.0 Å². The lowest BCUT2D eigenvalue weighted by Gasteiger charge is -2.44. The standard InChI is InChI=1S/C23H27ClFNO2/c1-26(2)15-18-6-4-5-17(13-16-7-9-19(24)10-8-16)23(18,27)21-14-20(25)11-12-22(21)28-3/h7-14,18,27H,4-6,15H2,1-3H3/b17-13-. The van der Waals surface area contributed by atoms with E-state index in [4.69, 9.17) is 16.3 Å². The number of methoxy groups -OCH3 is 1. The molecule has 2 atom stereocenters. The van der Waals surface area contributed by atoms with E-state index in [1.54, 1.807) is 13.2 Å². The Kier molecular flexibility index (Phi) is 6.43. The third kappa shape index (κ3) is 4.24. The number of hydrogen-bond donors (Lipinski definition) is 1. The van der Waals surface area contributed by atoms with E-state index in [-0.39, 0.29) is 11.7 Å². The summed E-state index contributed by atoms with van der Waals surface area (Å²) in [7, 11) is 5.52. The van der Waals surface area contributed by atoms with Crippen molar-refractivity contribution in [1.29, 1.82) is 0 Å². The fourth-order valence-electron chi connectivity index (χ4n) is 4.18. The first-order chi connectivity index (χ1) is 13.3. The Hall–Kier alpha value is -1.88. The van der Waals surface area contributed by atoms with Crippen molar-refractivity contribution in [3.8, 4) is 5.75 Å². The minimum absolute atomic E-state index is 0.0782. The van der Waals surface area contributed by atoms with Crippen LogP contribution in [0.3, 0.4) is 0 Å². The van der Waals surface area contributed by atoms with Crippen LogP contribution in [-0.4, -0.2) is 37.8 Å². The van der Waals surface area contributed by atoms with Crippen molar-refractivity contribution in [3.63, 3.8) is 0 Å². The van der Waals surface area contributed by atoms with Gasteiger partial charge in [-0.1, -0.05) is 29.8 Å². The highest BCUT2D eigenvalue weighted by Crippen LogP contribution is 2.49. The molecule has 5 heteroatoms. The topological polar surface area (TPSA) is 32.7 Å². The largest absolute Gasteiger partial charge is 0.496 e. The molecule has 2 aromatic rings. The van der Waals surface area contributed by atoms with Gasteiger partial charge in [-0.15, -0.1) is 0 Å². The first-order valence-electron chi connectivity index (χ1n) is 9.52. The summed E-state index contributed by atoms with van der Waals surface area (Å²) < 4.78 is 19.7. The van der Waals surface area contributed by atoms with Crippen LogP contribution in [0.25, 0.3) is 6.08 Å². The van der Waals surface area contributed by atoms with Crippen LogP contribution in [0.1, 0.15) is 30.4 Å². The van der Waals surface area contributed by atoms with Gasteiger partial charge in [-0.3, -0.25) is 0 Å². The summed E-state index contributed by atoms with van der Waals surface area (Å²) in [6.07, 6.45) is 4.56. The van der Waals surface area contributed by atoms with Gasteiger partial charge in [-0.2, -0.15) is 0 Å². The predicted octanol–water partition coefficient (Wildman–Crippen LogP) is 5.12. The summed E-state index contributed by atoms with van der Waals surface area (Å²) in [5, 5.41) is 12.8. The lowest BCUT2D eigenvalue weighted by atomic mass is 9.67. The second kappa shape index (κ2) is 8.64. The zero-order chi connectivity index (χ0) is 20.3. The van der Waals surface area contributed by atoms with Crippen molar-refractivity contribution in [2.45, 2.75) is 24.9 Å². The van der Waals surface area contributed by atoms with E-state index in [2.05, 4.69) is 4.90 Å². The third-order valence-electron chi connectivity index (χ3n) is 5.45. The summed E-state index contributed by atoms with van der Waals surface area (Å²) in [5.41, 5.74) is 1.01. The average molecular weight is 404 g/mol. The molecule has 2 unspecified atom stereocenters. The Morgan fingerprint density at radius 2 is 1.96 bits per heavy atom. The maximum atomic E-state index is 14.2. The number of aliphatic hydroxyl groups is 1. The predicted molar refractivity (Wildman–Crippen MR) is 112 cm³/mol. The molecular formula is C23H27ClFNO2. The van der Waals surface area contributed by atoms with E-state index < -0.39 is 5.60 Å². The van der Waals surface area contributed by atoms with Crippen molar-refractivity contribution in [2.75, 3.05) is 27.7 Å². The number of halogens is 2. The van der Waals surface area contributed by atoms with Crippen molar-refractivity contribution in [2.24, 2.45) is 5.92 Å². The molecule has 3 rings (SSSR count). The van der Waals surface area contributed by atoms with Crippen LogP contribution in [0.5, 0.6) is 5.75 Å². The molecule has 0 heterocycles. The zero-order valence-electron chi connectivity index (χ0n) is 16.6. The third-order valence-corrected chi connectivity index (χ3v) is 5.70. The van der Waals surface area contributed by atoms with Gasteiger partial charge in [-0.25, -0.2) is 4.39 Å². The fraction of sp³-hybridized carbons (Fsp3) is 0.391. The van der Waals surface area contributed by atoms with Crippen LogP contribution in [0.15, 0.2) is 48.0 Å². The first-order valence-corrected chi connectivity index (χ1v) is 9.90. The molecule has 28 heavy (non-hydrogen) atoms. The first kappa shape index (κ1) is 20.8. The SMILES string of the molecule is COc1ccc(F)cc1C1(O)/C(=C\c2ccc(Cl)cc2)CCCC1CN(C)C. The minimum Gasteiger partial charge on any atom is -0.496 e. The fourth-order valence-corrected chi connectivity index (χ4v) is 4.30. The van der Waals surface area contributed by atoms with E-state index in [9.17, 15) is 9.50 Å². The van der Waals surface area contributed by atoms with Crippen LogP contribution in [-0.2, 0) is 5.60 Å². The van der Waals surface area contributed by atoms with Gasteiger partial charge in [0.05, 0.1) is 7.11 Å². The van der Waals surface area contributed by atoms with E-state index in [0.717, 1.165) is 30.4 Å². The second-order valence-corrected chi connectivity index (χ2v) is 8.12. The van der Waals surface area contributed by atoms with Gasteiger partial charge in [0, 0.05) is 23.0 Å². The summed E-state index contributed by atoms with van der Waals surface area (Å²) in [4.78, 5) is 2.06. The lowest BCUT2D eigenvalue weighted by Crippen LogP contribution is -2.45. The molecule has 1 fully saturated rings. The van der Waals surface area contributed by atoms with Crippen LogP contribution in [0, 0.1) is 11.7 Å². The molecule has 150 valence electrons. The van der Waals surface area contributed by atoms with E-state index >= 15 is 0 Å². The minimum atomic E-state index is -1.31. The highest BCUT2D eigenvalue weighted by Gasteiger charge is 2.46. The average Bonchev–Trinajstić information content (AvgIpc) is 2.66. The van der Waals surface area contributed by atoms with Gasteiger partial charge in [0.15, 0.2) is 0 Å². The van der Waals surface area contributed by atoms with Gasteiger partial charge in [0.25, 0.3) is 0 Å². The Bertz CT molecular complexity index is 850. The van der Waals surface area contributed by atoms with Gasteiger partial charge < -0.3 is 14.7 Å². The molecule has 1 saturated carbocycles. The summed E-state index contributed by atoms with van der Waals surface area (Å²) >= 11 is 6.01. The molecule has 1 aliphatic carbocycles. The molecule has 1 aliphatic rings. The van der Waals surface area contributed by atoms with E-state index in [0.29, 0.717) is 22.9 Å². The van der Waals surface area contributed by atoms with Crippen molar-refractivity contribution in [1.82, 2.24) is 4.90 Å². The number of benzene rings is 2. The summed E-state index contributed by atoms with van der Waals surface area (Å²) in [6.45, 7) is 0.689. The summed E-state index contributed by atoms with van der Waals surface area (Å²) in [6, 6.07) is 11.9. The van der Waals surface area contributed by atoms with E-state index in [1.165, 1.54) is 12.1 Å². The Labute approximate surface area is 171 Å².